The molecule has 2 unspecified atom stereocenters. The highest BCUT2D eigenvalue weighted by Crippen LogP contribution is 2.29. The number of rotatable bonds is 1. The number of hydrogen-bond acceptors (Lipinski definition) is 2. The van der Waals surface area contributed by atoms with Gasteiger partial charge in [-0.2, -0.15) is 5.48 Å². The minimum absolute atomic E-state index is 0. The van der Waals surface area contributed by atoms with Crippen LogP contribution in [0, 0.1) is 0 Å². The molecule has 0 aromatic heterocycles. The maximum atomic E-state index is 5.66. The molecule has 1 N–H and O–H groups in total. The summed E-state index contributed by atoms with van der Waals surface area (Å²) in [7, 11) is 0. The van der Waals surface area contributed by atoms with Crippen LogP contribution in [0.3, 0.4) is 0 Å². The van der Waals surface area contributed by atoms with Crippen LogP contribution in [0.25, 0.3) is 0 Å². The van der Waals surface area contributed by atoms with Gasteiger partial charge < -0.3 is 4.84 Å². The summed E-state index contributed by atoms with van der Waals surface area (Å²) in [6.45, 7) is 2.82. The van der Waals surface area contributed by atoms with Gasteiger partial charge in [-0.1, -0.05) is 54.6 Å². The lowest BCUT2D eigenvalue weighted by molar-refractivity contribution is 0.0124. The van der Waals surface area contributed by atoms with Crippen molar-refractivity contribution in [3.63, 3.8) is 0 Å². The third-order valence-electron chi connectivity index (χ3n) is 3.69. The standard InChI is InChI=1S/C17H19NO.ClH/c1-13-11-15-9-5-6-10-16(15)17(12-19-18-13)14-7-3-2-4-8-14;/h2-10,13,17-18H,11-12H2,1H3;1H. The van der Waals surface area contributed by atoms with Crippen molar-refractivity contribution in [3.8, 4) is 0 Å². The number of benzene rings is 2. The predicted molar refractivity (Wildman–Crippen MR) is 84.2 cm³/mol. The Morgan fingerprint density at radius 3 is 2.50 bits per heavy atom. The second kappa shape index (κ2) is 6.89. The van der Waals surface area contributed by atoms with E-state index in [2.05, 4.69) is 67.0 Å². The zero-order valence-corrected chi connectivity index (χ0v) is 12.4. The Balaban J connectivity index is 0.00000147. The lowest BCUT2D eigenvalue weighted by Gasteiger charge is -2.26. The van der Waals surface area contributed by atoms with Gasteiger partial charge in [0, 0.05) is 12.0 Å². The van der Waals surface area contributed by atoms with E-state index in [4.69, 9.17) is 4.84 Å². The molecule has 3 rings (SSSR count). The third-order valence-corrected chi connectivity index (χ3v) is 3.69. The molecule has 2 nitrogen and oxygen atoms in total. The lowest BCUT2D eigenvalue weighted by Crippen LogP contribution is -2.33. The van der Waals surface area contributed by atoms with E-state index in [0.29, 0.717) is 18.6 Å². The zero-order valence-electron chi connectivity index (χ0n) is 11.6. The molecular weight excluding hydrogens is 270 g/mol. The van der Waals surface area contributed by atoms with E-state index in [1.54, 1.807) is 0 Å². The van der Waals surface area contributed by atoms with Crippen LogP contribution in [0.4, 0.5) is 0 Å². The van der Waals surface area contributed by atoms with Gasteiger partial charge in [-0.05, 0) is 30.0 Å². The van der Waals surface area contributed by atoms with Gasteiger partial charge in [-0.15, -0.1) is 12.4 Å². The Morgan fingerprint density at radius 1 is 1.00 bits per heavy atom. The minimum Gasteiger partial charge on any atom is -0.301 e. The first-order valence-electron chi connectivity index (χ1n) is 6.84. The van der Waals surface area contributed by atoms with Crippen molar-refractivity contribution in [1.82, 2.24) is 5.48 Å². The van der Waals surface area contributed by atoms with Crippen molar-refractivity contribution in [3.05, 3.63) is 71.3 Å². The molecule has 0 saturated heterocycles. The number of hydroxylamine groups is 1. The monoisotopic (exact) mass is 289 g/mol. The second-order valence-electron chi connectivity index (χ2n) is 5.20. The molecule has 0 saturated carbocycles. The fourth-order valence-corrected chi connectivity index (χ4v) is 2.76. The molecule has 0 spiro atoms. The Kier molecular flexibility index (Phi) is 5.18. The molecule has 0 amide bonds. The molecule has 0 bridgehead atoms. The molecule has 1 aliphatic rings. The van der Waals surface area contributed by atoms with Crippen LogP contribution in [-0.4, -0.2) is 12.6 Å². The number of halogens is 1. The maximum Gasteiger partial charge on any atom is 0.0791 e. The van der Waals surface area contributed by atoms with Gasteiger partial charge >= 0.3 is 0 Å². The fraction of sp³-hybridized carbons (Fsp3) is 0.294. The van der Waals surface area contributed by atoms with Crippen LogP contribution in [0.2, 0.25) is 0 Å². The smallest absolute Gasteiger partial charge is 0.0791 e. The fourth-order valence-electron chi connectivity index (χ4n) is 2.76. The second-order valence-corrected chi connectivity index (χ2v) is 5.20. The molecule has 0 fully saturated rings. The van der Waals surface area contributed by atoms with Crippen LogP contribution < -0.4 is 5.48 Å². The Morgan fingerprint density at radius 2 is 1.70 bits per heavy atom. The average Bonchev–Trinajstić information content (AvgIpc) is 2.43. The summed E-state index contributed by atoms with van der Waals surface area (Å²) in [5.41, 5.74) is 7.24. The van der Waals surface area contributed by atoms with Gasteiger partial charge in [0.05, 0.1) is 6.61 Å². The van der Waals surface area contributed by atoms with Crippen LogP contribution in [0.1, 0.15) is 29.5 Å². The molecule has 20 heavy (non-hydrogen) atoms. The van der Waals surface area contributed by atoms with Gasteiger partial charge in [0.1, 0.15) is 0 Å². The zero-order chi connectivity index (χ0) is 13.1. The molecule has 3 heteroatoms. The first-order chi connectivity index (χ1) is 9.34. The first-order valence-corrected chi connectivity index (χ1v) is 6.84. The highest BCUT2D eigenvalue weighted by atomic mass is 35.5. The van der Waals surface area contributed by atoms with Crippen molar-refractivity contribution in [2.24, 2.45) is 0 Å². The predicted octanol–water partition coefficient (Wildman–Crippen LogP) is 3.71. The van der Waals surface area contributed by atoms with Gasteiger partial charge in [-0.3, -0.25) is 0 Å². The van der Waals surface area contributed by atoms with E-state index < -0.39 is 0 Å². The highest BCUT2D eigenvalue weighted by molar-refractivity contribution is 5.85. The number of nitrogens with one attached hydrogen (secondary N) is 1. The molecule has 2 atom stereocenters. The quantitative estimate of drug-likeness (QED) is 0.864. The highest BCUT2D eigenvalue weighted by Gasteiger charge is 2.21. The Labute approximate surface area is 126 Å². The van der Waals surface area contributed by atoms with Crippen LogP contribution >= 0.6 is 12.4 Å². The molecule has 0 aliphatic carbocycles. The molecule has 1 aliphatic heterocycles. The summed E-state index contributed by atoms with van der Waals surface area (Å²) in [5.74, 6) is 0.303. The maximum absolute atomic E-state index is 5.66. The van der Waals surface area contributed by atoms with Gasteiger partial charge in [0.15, 0.2) is 0 Å². The molecule has 0 radical (unpaired) electrons. The van der Waals surface area contributed by atoms with Crippen molar-refractivity contribution in [1.29, 1.82) is 0 Å². The summed E-state index contributed by atoms with van der Waals surface area (Å²) in [6.07, 6.45) is 1.000. The average molecular weight is 290 g/mol. The van der Waals surface area contributed by atoms with E-state index in [9.17, 15) is 0 Å². The van der Waals surface area contributed by atoms with Crippen LogP contribution in [0.5, 0.6) is 0 Å². The van der Waals surface area contributed by atoms with Crippen LogP contribution in [0.15, 0.2) is 54.6 Å². The Hall–Kier alpha value is -1.35. The molecule has 106 valence electrons. The molecule has 2 aromatic carbocycles. The van der Waals surface area contributed by atoms with Gasteiger partial charge in [-0.25, -0.2) is 0 Å². The third kappa shape index (κ3) is 3.21. The summed E-state index contributed by atoms with van der Waals surface area (Å²) >= 11 is 0. The number of hydrogen-bond donors (Lipinski definition) is 1. The van der Waals surface area contributed by atoms with Gasteiger partial charge in [0.25, 0.3) is 0 Å². The summed E-state index contributed by atoms with van der Waals surface area (Å²) in [4.78, 5) is 5.66. The van der Waals surface area contributed by atoms with Crippen molar-refractivity contribution < 1.29 is 4.84 Å². The summed E-state index contributed by atoms with van der Waals surface area (Å²) in [5, 5.41) is 0. The van der Waals surface area contributed by atoms with Crippen molar-refractivity contribution in [2.45, 2.75) is 25.3 Å². The lowest BCUT2D eigenvalue weighted by atomic mass is 9.86. The molecule has 1 heterocycles. The topological polar surface area (TPSA) is 21.3 Å². The van der Waals surface area contributed by atoms with E-state index in [1.807, 2.05) is 0 Å². The van der Waals surface area contributed by atoms with E-state index in [-0.39, 0.29) is 12.4 Å². The van der Waals surface area contributed by atoms with Crippen LogP contribution in [-0.2, 0) is 11.3 Å². The van der Waals surface area contributed by atoms with Crippen molar-refractivity contribution in [2.75, 3.05) is 6.61 Å². The largest absolute Gasteiger partial charge is 0.301 e. The van der Waals surface area contributed by atoms with Crippen molar-refractivity contribution >= 4 is 12.4 Å². The molecular formula is C17H20ClNO. The summed E-state index contributed by atoms with van der Waals surface area (Å²) < 4.78 is 0. The van der Waals surface area contributed by atoms with E-state index >= 15 is 0 Å². The van der Waals surface area contributed by atoms with E-state index in [1.165, 1.54) is 16.7 Å². The normalized spacial score (nSPS) is 22.1. The SMILES string of the molecule is CC1Cc2ccccc2C(c2ccccc2)CON1.Cl. The van der Waals surface area contributed by atoms with Gasteiger partial charge in [0.2, 0.25) is 0 Å². The molecule has 2 aromatic rings. The first kappa shape index (κ1) is 15.0. The minimum atomic E-state index is 0. The summed E-state index contributed by atoms with van der Waals surface area (Å²) in [6, 6.07) is 19.6. The van der Waals surface area contributed by atoms with E-state index in [0.717, 1.165) is 6.42 Å². The Bertz CT molecular complexity index is 544. The number of fused-ring (bicyclic) bond motifs is 1.